The summed E-state index contributed by atoms with van der Waals surface area (Å²) in [6.45, 7) is 2.36. The van der Waals surface area contributed by atoms with Crippen molar-refractivity contribution in [2.24, 2.45) is 0 Å². The Bertz CT molecular complexity index is 316. The first-order valence-electron chi connectivity index (χ1n) is 3.45. The lowest BCUT2D eigenvalue weighted by atomic mass is 10.3. The maximum absolute atomic E-state index is 10.5. The topological polar surface area (TPSA) is 72.2 Å². The SMILES string of the molecule is CCn1cc(C=O)c(C(=O)O)n1. The van der Waals surface area contributed by atoms with E-state index in [-0.39, 0.29) is 11.3 Å². The lowest BCUT2D eigenvalue weighted by molar-refractivity contribution is 0.0686. The molecule has 5 nitrogen and oxygen atoms in total. The molecule has 0 spiro atoms. The Morgan fingerprint density at radius 3 is 2.83 bits per heavy atom. The summed E-state index contributed by atoms with van der Waals surface area (Å²) in [4.78, 5) is 20.8. The van der Waals surface area contributed by atoms with Crippen molar-refractivity contribution in [2.75, 3.05) is 0 Å². The molecule has 0 saturated heterocycles. The van der Waals surface area contributed by atoms with E-state index in [4.69, 9.17) is 5.11 Å². The lowest BCUT2D eigenvalue weighted by Gasteiger charge is -1.89. The Hall–Kier alpha value is -1.65. The van der Waals surface area contributed by atoms with Crippen LogP contribution in [0, 0.1) is 0 Å². The van der Waals surface area contributed by atoms with Crippen molar-refractivity contribution in [3.8, 4) is 0 Å². The fraction of sp³-hybridized carbons (Fsp3) is 0.286. The molecule has 1 aromatic rings. The van der Waals surface area contributed by atoms with Crippen LogP contribution in [0.1, 0.15) is 27.8 Å². The number of rotatable bonds is 3. The molecule has 0 fully saturated rings. The molecule has 1 aromatic heterocycles. The van der Waals surface area contributed by atoms with E-state index in [0.29, 0.717) is 12.8 Å². The summed E-state index contributed by atoms with van der Waals surface area (Å²) < 4.78 is 1.41. The maximum Gasteiger partial charge on any atom is 0.357 e. The minimum atomic E-state index is -1.18. The van der Waals surface area contributed by atoms with Gasteiger partial charge in [-0.15, -0.1) is 0 Å². The third-order valence-corrected chi connectivity index (χ3v) is 1.44. The Balaban J connectivity index is 3.16. The number of carboxylic acid groups (broad SMARTS) is 1. The third-order valence-electron chi connectivity index (χ3n) is 1.44. The Labute approximate surface area is 68.6 Å². The summed E-state index contributed by atoms with van der Waals surface area (Å²) in [5.41, 5.74) is -0.0730. The number of carboxylic acids is 1. The Morgan fingerprint density at radius 1 is 1.83 bits per heavy atom. The molecular weight excluding hydrogens is 160 g/mol. The van der Waals surface area contributed by atoms with Crippen molar-refractivity contribution in [1.29, 1.82) is 0 Å². The van der Waals surface area contributed by atoms with E-state index in [2.05, 4.69) is 5.10 Å². The largest absolute Gasteiger partial charge is 0.476 e. The number of nitrogens with zero attached hydrogens (tertiary/aromatic N) is 2. The number of aromatic carboxylic acids is 1. The minimum absolute atomic E-state index is 0.115. The molecule has 0 atom stereocenters. The molecule has 1 rings (SSSR count). The van der Waals surface area contributed by atoms with E-state index in [1.165, 1.54) is 10.9 Å². The van der Waals surface area contributed by atoms with Gasteiger partial charge < -0.3 is 5.11 Å². The molecule has 0 radical (unpaired) electrons. The Kier molecular flexibility index (Phi) is 2.23. The molecule has 0 aliphatic rings. The second kappa shape index (κ2) is 3.17. The van der Waals surface area contributed by atoms with Gasteiger partial charge >= 0.3 is 5.97 Å². The van der Waals surface area contributed by atoms with Gasteiger partial charge in [0.15, 0.2) is 12.0 Å². The van der Waals surface area contributed by atoms with Gasteiger partial charge in [-0.25, -0.2) is 4.79 Å². The van der Waals surface area contributed by atoms with Crippen LogP contribution in [-0.4, -0.2) is 27.1 Å². The standard InChI is InChI=1S/C7H8N2O3/c1-2-9-3-5(4-10)6(8-9)7(11)12/h3-4H,2H2,1H3,(H,11,12). The van der Waals surface area contributed by atoms with Crippen LogP contribution in [-0.2, 0) is 6.54 Å². The predicted octanol–water partition coefficient (Wildman–Crippen LogP) is 0.414. The second-order valence-corrected chi connectivity index (χ2v) is 2.21. The van der Waals surface area contributed by atoms with Crippen LogP contribution in [0.4, 0.5) is 0 Å². The van der Waals surface area contributed by atoms with Crippen LogP contribution in [0.25, 0.3) is 0 Å². The number of aldehydes is 1. The average molecular weight is 168 g/mol. The van der Waals surface area contributed by atoms with Gasteiger partial charge in [-0.3, -0.25) is 9.48 Å². The smallest absolute Gasteiger partial charge is 0.357 e. The maximum atomic E-state index is 10.5. The average Bonchev–Trinajstić information content (AvgIpc) is 2.47. The van der Waals surface area contributed by atoms with E-state index in [0.717, 1.165) is 0 Å². The highest BCUT2D eigenvalue weighted by Crippen LogP contribution is 2.03. The molecule has 0 aromatic carbocycles. The summed E-state index contributed by atoms with van der Waals surface area (Å²) in [7, 11) is 0. The van der Waals surface area contributed by atoms with Crippen molar-refractivity contribution in [3.05, 3.63) is 17.5 Å². The number of carbonyl (C=O) groups excluding carboxylic acids is 1. The molecule has 0 saturated carbocycles. The van der Waals surface area contributed by atoms with Gasteiger partial charge in [0.1, 0.15) is 0 Å². The normalized spacial score (nSPS) is 9.75. The minimum Gasteiger partial charge on any atom is -0.476 e. The second-order valence-electron chi connectivity index (χ2n) is 2.21. The molecule has 0 amide bonds. The van der Waals surface area contributed by atoms with Crippen LogP contribution < -0.4 is 0 Å². The molecule has 64 valence electrons. The zero-order valence-electron chi connectivity index (χ0n) is 6.52. The van der Waals surface area contributed by atoms with E-state index in [9.17, 15) is 9.59 Å². The van der Waals surface area contributed by atoms with Crippen LogP contribution in [0.2, 0.25) is 0 Å². The first kappa shape index (κ1) is 8.45. The monoisotopic (exact) mass is 168 g/mol. The van der Waals surface area contributed by atoms with Gasteiger partial charge in [0.25, 0.3) is 0 Å². The van der Waals surface area contributed by atoms with E-state index >= 15 is 0 Å². The zero-order chi connectivity index (χ0) is 9.14. The van der Waals surface area contributed by atoms with E-state index in [1.54, 1.807) is 0 Å². The van der Waals surface area contributed by atoms with E-state index in [1.807, 2.05) is 6.92 Å². The number of aryl methyl sites for hydroxylation is 1. The van der Waals surface area contributed by atoms with Gasteiger partial charge in [0, 0.05) is 12.7 Å². The van der Waals surface area contributed by atoms with Crippen LogP contribution >= 0.6 is 0 Å². The van der Waals surface area contributed by atoms with Crippen LogP contribution in [0.5, 0.6) is 0 Å². The molecule has 0 bridgehead atoms. The molecule has 1 N–H and O–H groups in total. The summed E-state index contributed by atoms with van der Waals surface area (Å²) in [6, 6.07) is 0. The summed E-state index contributed by atoms with van der Waals surface area (Å²) in [5, 5.41) is 12.3. The van der Waals surface area contributed by atoms with Gasteiger partial charge in [-0.1, -0.05) is 0 Å². The van der Waals surface area contributed by atoms with E-state index < -0.39 is 5.97 Å². The van der Waals surface area contributed by atoms with Gasteiger partial charge in [0.05, 0.1) is 5.56 Å². The fourth-order valence-electron chi connectivity index (χ4n) is 0.851. The molecule has 12 heavy (non-hydrogen) atoms. The fourth-order valence-corrected chi connectivity index (χ4v) is 0.851. The zero-order valence-corrected chi connectivity index (χ0v) is 6.52. The first-order valence-corrected chi connectivity index (χ1v) is 3.45. The molecular formula is C7H8N2O3. The molecule has 0 aliphatic heterocycles. The molecule has 0 aliphatic carbocycles. The van der Waals surface area contributed by atoms with Crippen molar-refractivity contribution >= 4 is 12.3 Å². The summed E-state index contributed by atoms with van der Waals surface area (Å²) in [5.74, 6) is -1.18. The highest BCUT2D eigenvalue weighted by molar-refractivity contribution is 5.95. The van der Waals surface area contributed by atoms with Crippen molar-refractivity contribution in [2.45, 2.75) is 13.5 Å². The highest BCUT2D eigenvalue weighted by Gasteiger charge is 2.13. The molecule has 5 heteroatoms. The van der Waals surface area contributed by atoms with Crippen molar-refractivity contribution in [1.82, 2.24) is 9.78 Å². The molecule has 0 unspecified atom stereocenters. The van der Waals surface area contributed by atoms with Crippen molar-refractivity contribution in [3.63, 3.8) is 0 Å². The number of hydrogen-bond acceptors (Lipinski definition) is 3. The number of carbonyl (C=O) groups is 2. The third kappa shape index (κ3) is 1.34. The van der Waals surface area contributed by atoms with Gasteiger partial charge in [-0.05, 0) is 6.92 Å². The molecule has 1 heterocycles. The summed E-state index contributed by atoms with van der Waals surface area (Å²) >= 11 is 0. The first-order chi connectivity index (χ1) is 5.69. The predicted molar refractivity (Wildman–Crippen MR) is 40.2 cm³/mol. The number of aromatic nitrogens is 2. The van der Waals surface area contributed by atoms with Gasteiger partial charge in [0.2, 0.25) is 0 Å². The number of hydrogen-bond donors (Lipinski definition) is 1. The quantitative estimate of drug-likeness (QED) is 0.663. The van der Waals surface area contributed by atoms with Crippen LogP contribution in [0.15, 0.2) is 6.20 Å². The Morgan fingerprint density at radius 2 is 2.50 bits per heavy atom. The highest BCUT2D eigenvalue weighted by atomic mass is 16.4. The van der Waals surface area contributed by atoms with Gasteiger partial charge in [-0.2, -0.15) is 5.10 Å². The van der Waals surface area contributed by atoms with Crippen molar-refractivity contribution < 1.29 is 14.7 Å². The lowest BCUT2D eigenvalue weighted by Crippen LogP contribution is -2.02. The van der Waals surface area contributed by atoms with Crippen LogP contribution in [0.3, 0.4) is 0 Å². The summed E-state index contributed by atoms with van der Waals surface area (Å²) in [6.07, 6.45) is 1.90.